The summed E-state index contributed by atoms with van der Waals surface area (Å²) in [6.45, 7) is 0.298. The molecule has 0 bridgehead atoms. The molecule has 0 aliphatic carbocycles. The molecule has 0 spiro atoms. The third-order valence-corrected chi connectivity index (χ3v) is 4.09. The van der Waals surface area contributed by atoms with E-state index in [1.165, 1.54) is 6.07 Å². The smallest absolute Gasteiger partial charge is 0.137 e. The highest BCUT2D eigenvalue weighted by Gasteiger charge is 2.40. The monoisotopic (exact) mass is 339 g/mol. The molecule has 2 aromatic carbocycles. The zero-order valence-corrected chi connectivity index (χ0v) is 12.2. The summed E-state index contributed by atoms with van der Waals surface area (Å²) in [6, 6.07) is 10.3. The van der Waals surface area contributed by atoms with Crippen LogP contribution in [0, 0.1) is 0 Å². The number of phenols is 1. The van der Waals surface area contributed by atoms with Crippen molar-refractivity contribution in [3.63, 3.8) is 0 Å². The summed E-state index contributed by atoms with van der Waals surface area (Å²) in [7, 11) is 0. The van der Waals surface area contributed by atoms with Gasteiger partial charge < -0.3 is 15.5 Å². The second-order valence-corrected chi connectivity index (χ2v) is 5.92. The molecule has 1 aliphatic rings. The summed E-state index contributed by atoms with van der Waals surface area (Å²) in [6.07, 6.45) is 0. The first-order valence-corrected chi connectivity index (χ1v) is 6.93. The number of fused-ring (bicyclic) bond motifs is 1. The van der Waals surface area contributed by atoms with Crippen LogP contribution >= 0.6 is 27.5 Å². The van der Waals surface area contributed by atoms with Gasteiger partial charge in [0.05, 0.1) is 6.54 Å². The van der Waals surface area contributed by atoms with Gasteiger partial charge in [0.2, 0.25) is 0 Å². The van der Waals surface area contributed by atoms with Gasteiger partial charge >= 0.3 is 0 Å². The van der Waals surface area contributed by atoms with Crippen LogP contribution in [0.25, 0.3) is 0 Å². The number of β-amino-alcohol motifs (C(OH)–C–C–N with tert-alkyl or cyclic N) is 1. The highest BCUT2D eigenvalue weighted by atomic mass is 79.9. The molecule has 1 aliphatic heterocycles. The largest absolute Gasteiger partial charge is 0.508 e. The van der Waals surface area contributed by atoms with Gasteiger partial charge in [-0.3, -0.25) is 0 Å². The van der Waals surface area contributed by atoms with Crippen molar-refractivity contribution < 1.29 is 10.2 Å². The van der Waals surface area contributed by atoms with Crippen LogP contribution < -0.4 is 5.32 Å². The van der Waals surface area contributed by atoms with E-state index in [9.17, 15) is 10.2 Å². The van der Waals surface area contributed by atoms with Crippen LogP contribution in [0.3, 0.4) is 0 Å². The van der Waals surface area contributed by atoms with E-state index in [4.69, 9.17) is 11.6 Å². The summed E-state index contributed by atoms with van der Waals surface area (Å²) in [5, 5.41) is 24.6. The predicted molar refractivity (Wildman–Crippen MR) is 78.7 cm³/mol. The van der Waals surface area contributed by atoms with Crippen molar-refractivity contribution in [2.45, 2.75) is 5.60 Å². The quantitative estimate of drug-likeness (QED) is 0.745. The maximum Gasteiger partial charge on any atom is 0.137 e. The second kappa shape index (κ2) is 4.40. The summed E-state index contributed by atoms with van der Waals surface area (Å²) >= 11 is 9.36. The minimum absolute atomic E-state index is 0.0292. The Morgan fingerprint density at radius 3 is 2.74 bits per heavy atom. The zero-order chi connectivity index (χ0) is 13.6. The number of aliphatic hydroxyl groups is 1. The SMILES string of the molecule is Oc1ccc(Cl)cc1C1(O)CNc2ccc(Br)cc21. The van der Waals surface area contributed by atoms with Gasteiger partial charge in [0.25, 0.3) is 0 Å². The van der Waals surface area contributed by atoms with Crippen LogP contribution in [0.2, 0.25) is 5.02 Å². The number of benzene rings is 2. The number of anilines is 1. The molecule has 0 aromatic heterocycles. The van der Waals surface area contributed by atoms with Crippen LogP contribution in [-0.2, 0) is 5.60 Å². The average molecular weight is 341 g/mol. The van der Waals surface area contributed by atoms with E-state index in [0.29, 0.717) is 17.1 Å². The highest BCUT2D eigenvalue weighted by molar-refractivity contribution is 9.10. The number of hydrogen-bond donors (Lipinski definition) is 3. The van der Waals surface area contributed by atoms with Crippen molar-refractivity contribution in [3.05, 3.63) is 57.0 Å². The first-order valence-electron chi connectivity index (χ1n) is 5.76. The van der Waals surface area contributed by atoms with Crippen molar-refractivity contribution in [2.24, 2.45) is 0 Å². The lowest BCUT2D eigenvalue weighted by molar-refractivity contribution is 0.0999. The summed E-state index contributed by atoms with van der Waals surface area (Å²) in [4.78, 5) is 0. The van der Waals surface area contributed by atoms with Gasteiger partial charge in [-0.15, -0.1) is 0 Å². The van der Waals surface area contributed by atoms with Crippen molar-refractivity contribution in [2.75, 3.05) is 11.9 Å². The van der Waals surface area contributed by atoms with E-state index in [1.54, 1.807) is 12.1 Å². The Balaban J connectivity index is 2.21. The van der Waals surface area contributed by atoms with Crippen molar-refractivity contribution >= 4 is 33.2 Å². The molecule has 1 unspecified atom stereocenters. The molecule has 19 heavy (non-hydrogen) atoms. The topological polar surface area (TPSA) is 52.5 Å². The number of rotatable bonds is 1. The van der Waals surface area contributed by atoms with Gasteiger partial charge in [0, 0.05) is 26.3 Å². The molecule has 5 heteroatoms. The predicted octanol–water partition coefficient (Wildman–Crippen LogP) is 3.47. The standard InChI is InChI=1S/C14H11BrClNO2/c15-8-1-3-12-10(5-8)14(19,7-17-12)11-6-9(16)2-4-13(11)18/h1-6,17-19H,7H2. The summed E-state index contributed by atoms with van der Waals surface area (Å²) in [5.74, 6) is 0.0292. The van der Waals surface area contributed by atoms with Crippen molar-refractivity contribution in [3.8, 4) is 5.75 Å². The van der Waals surface area contributed by atoms with Gasteiger partial charge in [-0.1, -0.05) is 27.5 Å². The summed E-state index contributed by atoms with van der Waals surface area (Å²) < 4.78 is 0.870. The fourth-order valence-electron chi connectivity index (χ4n) is 2.41. The molecule has 1 atom stereocenters. The third kappa shape index (κ3) is 2.00. The molecule has 0 amide bonds. The number of nitrogens with one attached hydrogen (secondary N) is 1. The second-order valence-electron chi connectivity index (χ2n) is 4.57. The molecular formula is C14H11BrClNO2. The Bertz CT molecular complexity index is 662. The highest BCUT2D eigenvalue weighted by Crippen LogP contribution is 2.44. The van der Waals surface area contributed by atoms with E-state index < -0.39 is 5.60 Å². The Labute approximate surface area is 124 Å². The zero-order valence-electron chi connectivity index (χ0n) is 9.82. The van der Waals surface area contributed by atoms with Gasteiger partial charge in [-0.05, 0) is 36.4 Å². The van der Waals surface area contributed by atoms with E-state index in [0.717, 1.165) is 15.7 Å². The number of phenolic OH excluding ortho intramolecular Hbond substituents is 1. The van der Waals surface area contributed by atoms with Crippen LogP contribution in [0.15, 0.2) is 40.9 Å². The van der Waals surface area contributed by atoms with E-state index in [2.05, 4.69) is 21.2 Å². The molecule has 0 radical (unpaired) electrons. The molecule has 3 N–H and O–H groups in total. The van der Waals surface area contributed by atoms with Crippen molar-refractivity contribution in [1.29, 1.82) is 0 Å². The lowest BCUT2D eigenvalue weighted by Gasteiger charge is -2.24. The van der Waals surface area contributed by atoms with Gasteiger partial charge in [0.1, 0.15) is 11.4 Å². The number of aromatic hydroxyl groups is 1. The summed E-state index contributed by atoms with van der Waals surface area (Å²) in [5.41, 5.74) is 0.697. The normalized spacial score (nSPS) is 21.0. The first-order chi connectivity index (χ1) is 9.00. The molecule has 2 aromatic rings. The molecule has 98 valence electrons. The molecule has 0 saturated carbocycles. The fourth-order valence-corrected chi connectivity index (χ4v) is 2.94. The molecule has 0 fully saturated rings. The molecule has 3 nitrogen and oxygen atoms in total. The minimum atomic E-state index is -1.28. The maximum absolute atomic E-state index is 10.9. The van der Waals surface area contributed by atoms with Gasteiger partial charge in [0.15, 0.2) is 0 Å². The van der Waals surface area contributed by atoms with Gasteiger partial charge in [-0.25, -0.2) is 0 Å². The molecule has 3 rings (SSSR count). The molecule has 1 heterocycles. The molecular weight excluding hydrogens is 330 g/mol. The Morgan fingerprint density at radius 1 is 1.16 bits per heavy atom. The number of halogens is 2. The Kier molecular flexibility index (Phi) is 2.96. The van der Waals surface area contributed by atoms with Crippen LogP contribution in [0.5, 0.6) is 5.75 Å². The number of hydrogen-bond acceptors (Lipinski definition) is 3. The first kappa shape index (κ1) is 12.8. The van der Waals surface area contributed by atoms with Crippen LogP contribution in [-0.4, -0.2) is 16.8 Å². The van der Waals surface area contributed by atoms with Crippen LogP contribution in [0.1, 0.15) is 11.1 Å². The lowest BCUT2D eigenvalue weighted by atomic mass is 9.87. The van der Waals surface area contributed by atoms with Crippen molar-refractivity contribution in [1.82, 2.24) is 0 Å². The fraction of sp³-hybridized carbons (Fsp3) is 0.143. The third-order valence-electron chi connectivity index (χ3n) is 3.37. The van der Waals surface area contributed by atoms with E-state index in [-0.39, 0.29) is 5.75 Å². The Hall–Kier alpha value is -1.23. The minimum Gasteiger partial charge on any atom is -0.508 e. The molecule has 0 saturated heterocycles. The van der Waals surface area contributed by atoms with Crippen LogP contribution in [0.4, 0.5) is 5.69 Å². The van der Waals surface area contributed by atoms with Gasteiger partial charge in [-0.2, -0.15) is 0 Å². The Morgan fingerprint density at radius 2 is 1.95 bits per heavy atom. The van der Waals surface area contributed by atoms with E-state index in [1.807, 2.05) is 18.2 Å². The lowest BCUT2D eigenvalue weighted by Crippen LogP contribution is -2.29. The average Bonchev–Trinajstić information content (AvgIpc) is 2.71. The maximum atomic E-state index is 10.9. The van der Waals surface area contributed by atoms with E-state index >= 15 is 0 Å².